The maximum atomic E-state index is 12.2. The molecule has 2 aliphatic rings. The molecule has 2 fully saturated rings. The van der Waals surface area contributed by atoms with Crippen molar-refractivity contribution in [2.45, 2.75) is 51.7 Å². The van der Waals surface area contributed by atoms with Crippen molar-refractivity contribution < 1.29 is 19.4 Å². The van der Waals surface area contributed by atoms with Crippen LogP contribution in [0.3, 0.4) is 0 Å². The number of nitrogens with zero attached hydrogens (tertiary/aromatic N) is 3. The molecule has 2 heterocycles. The van der Waals surface area contributed by atoms with E-state index in [1.807, 2.05) is 25.7 Å². The second-order valence-electron chi connectivity index (χ2n) is 7.65. The number of piperazine rings is 1. The molecule has 7 nitrogen and oxygen atoms in total. The predicted molar refractivity (Wildman–Crippen MR) is 90.7 cm³/mol. The van der Waals surface area contributed by atoms with Gasteiger partial charge in [0.15, 0.2) is 0 Å². The average Bonchev–Trinajstić information content (AvgIpc) is 2.94. The third-order valence-electron chi connectivity index (χ3n) is 4.55. The third-order valence-corrected chi connectivity index (χ3v) is 4.55. The molecule has 0 aliphatic carbocycles. The number of hydrogen-bond acceptors (Lipinski definition) is 5. The van der Waals surface area contributed by atoms with E-state index < -0.39 is 11.7 Å². The van der Waals surface area contributed by atoms with E-state index in [9.17, 15) is 14.7 Å². The molecule has 1 N–H and O–H groups in total. The fraction of sp³-hybridized carbons (Fsp3) is 0.882. The van der Waals surface area contributed by atoms with Crippen LogP contribution in [0.15, 0.2) is 0 Å². The largest absolute Gasteiger partial charge is 0.444 e. The van der Waals surface area contributed by atoms with Crippen molar-refractivity contribution in [2.75, 3.05) is 45.9 Å². The Morgan fingerprint density at radius 2 is 2.00 bits per heavy atom. The van der Waals surface area contributed by atoms with Crippen LogP contribution in [-0.2, 0) is 9.53 Å². The lowest BCUT2D eigenvalue weighted by molar-refractivity contribution is -0.135. The summed E-state index contributed by atoms with van der Waals surface area (Å²) in [7, 11) is 0. The van der Waals surface area contributed by atoms with Crippen molar-refractivity contribution in [1.29, 1.82) is 0 Å². The van der Waals surface area contributed by atoms with Crippen LogP contribution in [-0.4, -0.2) is 89.3 Å². The van der Waals surface area contributed by atoms with Gasteiger partial charge in [0, 0.05) is 32.2 Å². The Labute approximate surface area is 144 Å². The van der Waals surface area contributed by atoms with Crippen molar-refractivity contribution in [3.05, 3.63) is 0 Å². The number of ether oxygens (including phenoxy) is 1. The summed E-state index contributed by atoms with van der Waals surface area (Å²) in [6.07, 6.45) is 2.68. The standard InChI is InChI=1S/C17H31N3O4/c1-17(2,3)24-16(23)20-11-10-19(15(22)12-20)9-5-8-18-7-4-6-14(18)13-21/h14,21H,4-13H2,1-3H3/t14-/m1/s1. The molecule has 0 aromatic carbocycles. The van der Waals surface area contributed by atoms with Gasteiger partial charge in [0.1, 0.15) is 12.1 Å². The van der Waals surface area contributed by atoms with E-state index in [0.717, 1.165) is 32.4 Å². The molecule has 0 aromatic heterocycles. The van der Waals surface area contributed by atoms with Crippen molar-refractivity contribution in [1.82, 2.24) is 14.7 Å². The van der Waals surface area contributed by atoms with Gasteiger partial charge in [-0.25, -0.2) is 4.79 Å². The highest BCUT2D eigenvalue weighted by Crippen LogP contribution is 2.17. The van der Waals surface area contributed by atoms with Crippen LogP contribution in [0.2, 0.25) is 0 Å². The molecule has 0 aromatic rings. The van der Waals surface area contributed by atoms with Crippen LogP contribution >= 0.6 is 0 Å². The molecule has 24 heavy (non-hydrogen) atoms. The molecule has 2 saturated heterocycles. The molecule has 7 heteroatoms. The van der Waals surface area contributed by atoms with Gasteiger partial charge in [0.2, 0.25) is 5.91 Å². The van der Waals surface area contributed by atoms with E-state index in [-0.39, 0.29) is 25.1 Å². The van der Waals surface area contributed by atoms with Crippen LogP contribution in [0.4, 0.5) is 4.79 Å². The molecule has 0 radical (unpaired) electrons. The Kier molecular flexibility index (Phi) is 6.46. The highest BCUT2D eigenvalue weighted by Gasteiger charge is 2.30. The molecular weight excluding hydrogens is 310 g/mol. The Hall–Kier alpha value is -1.34. The molecule has 0 unspecified atom stereocenters. The van der Waals surface area contributed by atoms with Gasteiger partial charge in [-0.15, -0.1) is 0 Å². The van der Waals surface area contributed by atoms with Gasteiger partial charge in [-0.1, -0.05) is 0 Å². The minimum absolute atomic E-state index is 0.0211. The molecule has 138 valence electrons. The summed E-state index contributed by atoms with van der Waals surface area (Å²) in [5.41, 5.74) is -0.545. The summed E-state index contributed by atoms with van der Waals surface area (Å²) < 4.78 is 5.32. The Morgan fingerprint density at radius 1 is 1.25 bits per heavy atom. The monoisotopic (exact) mass is 341 g/mol. The average molecular weight is 341 g/mol. The first-order valence-corrected chi connectivity index (χ1v) is 8.91. The zero-order valence-corrected chi connectivity index (χ0v) is 15.2. The number of carbonyl (C=O) groups is 2. The lowest BCUT2D eigenvalue weighted by Crippen LogP contribution is -2.53. The smallest absolute Gasteiger partial charge is 0.410 e. The lowest BCUT2D eigenvalue weighted by Gasteiger charge is -2.35. The first-order chi connectivity index (χ1) is 11.3. The van der Waals surface area contributed by atoms with E-state index in [4.69, 9.17) is 4.74 Å². The molecular formula is C17H31N3O4. The number of hydrogen-bond donors (Lipinski definition) is 1. The number of carbonyl (C=O) groups excluding carboxylic acids is 2. The molecule has 2 rings (SSSR count). The van der Waals surface area contributed by atoms with E-state index >= 15 is 0 Å². The topological polar surface area (TPSA) is 73.3 Å². The third kappa shape index (κ3) is 5.34. The van der Waals surface area contributed by atoms with Gasteiger partial charge in [-0.2, -0.15) is 0 Å². The summed E-state index contributed by atoms with van der Waals surface area (Å²) >= 11 is 0. The highest BCUT2D eigenvalue weighted by molar-refractivity contribution is 5.83. The summed E-state index contributed by atoms with van der Waals surface area (Å²) in [5, 5.41) is 9.33. The first kappa shape index (κ1) is 19.0. The first-order valence-electron chi connectivity index (χ1n) is 8.91. The van der Waals surface area contributed by atoms with Crippen LogP contribution in [0, 0.1) is 0 Å². The van der Waals surface area contributed by atoms with Gasteiger partial charge >= 0.3 is 6.09 Å². The molecule has 0 spiro atoms. The van der Waals surface area contributed by atoms with Crippen molar-refractivity contribution in [2.24, 2.45) is 0 Å². The Balaban J connectivity index is 1.71. The number of aliphatic hydroxyl groups is 1. The number of rotatable bonds is 5. The highest BCUT2D eigenvalue weighted by atomic mass is 16.6. The Morgan fingerprint density at radius 3 is 2.62 bits per heavy atom. The van der Waals surface area contributed by atoms with Gasteiger partial charge in [-0.3, -0.25) is 14.6 Å². The van der Waals surface area contributed by atoms with Gasteiger partial charge in [-0.05, 0) is 46.6 Å². The maximum Gasteiger partial charge on any atom is 0.410 e. The SMILES string of the molecule is CC(C)(C)OC(=O)N1CCN(CCCN2CCC[C@@H]2CO)C(=O)C1. The van der Waals surface area contributed by atoms with E-state index in [1.165, 1.54) is 4.90 Å². The summed E-state index contributed by atoms with van der Waals surface area (Å²) in [5.74, 6) is -0.0211. The predicted octanol–water partition coefficient (Wildman–Crippen LogP) is 0.912. The molecule has 0 bridgehead atoms. The van der Waals surface area contributed by atoms with Gasteiger partial charge in [0.25, 0.3) is 0 Å². The quantitative estimate of drug-likeness (QED) is 0.805. The fourth-order valence-corrected chi connectivity index (χ4v) is 3.29. The fourth-order valence-electron chi connectivity index (χ4n) is 3.29. The van der Waals surface area contributed by atoms with Crippen molar-refractivity contribution in [3.63, 3.8) is 0 Å². The minimum atomic E-state index is -0.545. The van der Waals surface area contributed by atoms with Crippen molar-refractivity contribution in [3.8, 4) is 0 Å². The Bertz CT molecular complexity index is 450. The normalized spacial score (nSPS) is 23.0. The summed E-state index contributed by atoms with van der Waals surface area (Å²) in [4.78, 5) is 29.9. The molecule has 2 aliphatic heterocycles. The van der Waals surface area contributed by atoms with Crippen LogP contribution < -0.4 is 0 Å². The number of likely N-dealkylation sites (tertiary alicyclic amines) is 1. The summed E-state index contributed by atoms with van der Waals surface area (Å²) in [6.45, 7) is 9.49. The van der Waals surface area contributed by atoms with E-state index in [2.05, 4.69) is 4.90 Å². The molecule has 0 saturated carbocycles. The van der Waals surface area contributed by atoms with E-state index in [0.29, 0.717) is 19.6 Å². The summed E-state index contributed by atoms with van der Waals surface area (Å²) in [6, 6.07) is 0.282. The second kappa shape index (κ2) is 8.16. The zero-order valence-electron chi connectivity index (χ0n) is 15.2. The lowest BCUT2D eigenvalue weighted by atomic mass is 10.2. The minimum Gasteiger partial charge on any atom is -0.444 e. The van der Waals surface area contributed by atoms with Crippen LogP contribution in [0.5, 0.6) is 0 Å². The van der Waals surface area contributed by atoms with E-state index in [1.54, 1.807) is 0 Å². The van der Waals surface area contributed by atoms with Gasteiger partial charge < -0.3 is 14.7 Å². The van der Waals surface area contributed by atoms with Crippen molar-refractivity contribution >= 4 is 12.0 Å². The molecule has 1 atom stereocenters. The molecule has 2 amide bonds. The number of amides is 2. The number of aliphatic hydroxyl groups excluding tert-OH is 1. The zero-order chi connectivity index (χ0) is 17.7. The van der Waals surface area contributed by atoms with Gasteiger partial charge in [0.05, 0.1) is 6.61 Å². The maximum absolute atomic E-state index is 12.2. The second-order valence-corrected chi connectivity index (χ2v) is 7.65. The van der Waals surface area contributed by atoms with Crippen LogP contribution in [0.1, 0.15) is 40.0 Å². The van der Waals surface area contributed by atoms with Crippen LogP contribution in [0.25, 0.3) is 0 Å².